The number of halogens is 2. The molecule has 8 heteroatoms. The lowest BCUT2D eigenvalue weighted by atomic mass is 10.1. The predicted molar refractivity (Wildman–Crippen MR) is 103 cm³/mol. The Balaban J connectivity index is 1.65. The first-order valence-electron chi connectivity index (χ1n) is 8.55. The van der Waals surface area contributed by atoms with Crippen molar-refractivity contribution in [1.29, 1.82) is 0 Å². The van der Waals surface area contributed by atoms with Crippen LogP contribution in [-0.4, -0.2) is 58.5 Å². The summed E-state index contributed by atoms with van der Waals surface area (Å²) in [5.74, 6) is 1.04. The Morgan fingerprint density at radius 2 is 2.19 bits per heavy atom. The first kappa shape index (κ1) is 19.2. The van der Waals surface area contributed by atoms with Crippen molar-refractivity contribution in [3.8, 4) is 0 Å². The van der Waals surface area contributed by atoms with Crippen LogP contribution in [0.1, 0.15) is 17.4 Å². The normalized spacial score (nSPS) is 18.1. The van der Waals surface area contributed by atoms with Gasteiger partial charge in [-0.2, -0.15) is 0 Å². The molecule has 6 nitrogen and oxygen atoms in total. The third-order valence-corrected chi connectivity index (χ3v) is 5.42. The minimum absolute atomic E-state index is 0.0668. The van der Waals surface area contributed by atoms with E-state index >= 15 is 0 Å². The summed E-state index contributed by atoms with van der Waals surface area (Å²) in [4.78, 5) is 21.1. The monoisotopic (exact) mass is 395 g/mol. The Kier molecular flexibility index (Phi) is 6.19. The standard InChI is InChI=1S/C18H23Cl2N5O/c1-23-7-6-22-18(23)16-10-21-5-8-25(16)12-17(26)24(2)11-13-3-4-14(19)15(20)9-13/h3-4,6-7,9,16,21H,5,8,10-12H2,1-2H3. The quantitative estimate of drug-likeness (QED) is 0.843. The van der Waals surface area contributed by atoms with Gasteiger partial charge in [0.25, 0.3) is 0 Å². The number of carbonyl (C=O) groups excluding carboxylic acids is 1. The summed E-state index contributed by atoms with van der Waals surface area (Å²) in [5.41, 5.74) is 0.955. The van der Waals surface area contributed by atoms with Crippen molar-refractivity contribution in [1.82, 2.24) is 24.7 Å². The van der Waals surface area contributed by atoms with Gasteiger partial charge in [-0.3, -0.25) is 9.69 Å². The number of hydrogen-bond donors (Lipinski definition) is 1. The van der Waals surface area contributed by atoms with Gasteiger partial charge in [0.1, 0.15) is 5.82 Å². The van der Waals surface area contributed by atoms with Crippen LogP contribution >= 0.6 is 23.2 Å². The van der Waals surface area contributed by atoms with E-state index in [1.807, 2.05) is 30.9 Å². The molecule has 1 N–H and O–H groups in total. The van der Waals surface area contributed by atoms with Crippen LogP contribution in [0.2, 0.25) is 10.0 Å². The van der Waals surface area contributed by atoms with Crippen molar-refractivity contribution in [2.75, 3.05) is 33.2 Å². The zero-order valence-electron chi connectivity index (χ0n) is 15.0. The predicted octanol–water partition coefficient (Wildman–Crippen LogP) is 2.33. The Bertz CT molecular complexity index is 779. The molecule has 1 aliphatic rings. The topological polar surface area (TPSA) is 53.4 Å². The van der Waals surface area contributed by atoms with E-state index in [0.717, 1.165) is 31.0 Å². The SMILES string of the molecule is CN(Cc1ccc(Cl)c(Cl)c1)C(=O)CN1CCNCC1c1nccn1C. The molecule has 0 saturated carbocycles. The molecule has 0 radical (unpaired) electrons. The lowest BCUT2D eigenvalue weighted by Gasteiger charge is -2.36. The summed E-state index contributed by atoms with van der Waals surface area (Å²) in [6, 6.07) is 5.53. The van der Waals surface area contributed by atoms with Gasteiger partial charge in [-0.15, -0.1) is 0 Å². The molecule has 140 valence electrons. The molecule has 2 aromatic rings. The molecule has 1 aromatic heterocycles. The fourth-order valence-corrected chi connectivity index (χ4v) is 3.50. The lowest BCUT2D eigenvalue weighted by molar-refractivity contribution is -0.132. The van der Waals surface area contributed by atoms with E-state index < -0.39 is 0 Å². The molecular weight excluding hydrogens is 373 g/mol. The highest BCUT2D eigenvalue weighted by atomic mass is 35.5. The number of nitrogens with one attached hydrogen (secondary N) is 1. The molecular formula is C18H23Cl2N5O. The Morgan fingerprint density at radius 3 is 2.88 bits per heavy atom. The number of nitrogens with zero attached hydrogens (tertiary/aromatic N) is 4. The molecule has 3 rings (SSSR count). The number of benzene rings is 1. The van der Waals surface area contributed by atoms with E-state index in [-0.39, 0.29) is 11.9 Å². The maximum absolute atomic E-state index is 12.7. The second-order valence-electron chi connectivity index (χ2n) is 6.59. The zero-order valence-corrected chi connectivity index (χ0v) is 16.5. The van der Waals surface area contributed by atoms with Gasteiger partial charge in [-0.25, -0.2) is 4.98 Å². The van der Waals surface area contributed by atoms with Crippen LogP contribution in [-0.2, 0) is 18.4 Å². The molecule has 0 spiro atoms. The smallest absolute Gasteiger partial charge is 0.236 e. The summed E-state index contributed by atoms with van der Waals surface area (Å²) in [6.07, 6.45) is 3.72. The molecule has 1 atom stereocenters. The van der Waals surface area contributed by atoms with Crippen LogP contribution in [0, 0.1) is 0 Å². The van der Waals surface area contributed by atoms with E-state index in [1.165, 1.54) is 0 Å². The maximum Gasteiger partial charge on any atom is 0.236 e. The highest BCUT2D eigenvalue weighted by molar-refractivity contribution is 6.42. The molecule has 0 aliphatic carbocycles. The fraction of sp³-hybridized carbons (Fsp3) is 0.444. The zero-order chi connectivity index (χ0) is 18.7. The maximum atomic E-state index is 12.7. The summed E-state index contributed by atoms with van der Waals surface area (Å²) in [7, 11) is 3.79. The van der Waals surface area contributed by atoms with Crippen molar-refractivity contribution in [3.63, 3.8) is 0 Å². The molecule has 1 fully saturated rings. The highest BCUT2D eigenvalue weighted by Gasteiger charge is 2.29. The van der Waals surface area contributed by atoms with Gasteiger partial charge in [0.15, 0.2) is 0 Å². The summed E-state index contributed by atoms with van der Waals surface area (Å²) in [6.45, 7) is 3.31. The van der Waals surface area contributed by atoms with Crippen LogP contribution in [0.25, 0.3) is 0 Å². The number of imidazole rings is 1. The van der Waals surface area contributed by atoms with E-state index in [0.29, 0.717) is 23.1 Å². The van der Waals surface area contributed by atoms with Crippen LogP contribution in [0.5, 0.6) is 0 Å². The molecule has 1 amide bonds. The summed E-state index contributed by atoms with van der Waals surface area (Å²) < 4.78 is 2.01. The van der Waals surface area contributed by atoms with Crippen molar-refractivity contribution in [2.45, 2.75) is 12.6 Å². The van der Waals surface area contributed by atoms with Gasteiger partial charge < -0.3 is 14.8 Å². The van der Waals surface area contributed by atoms with E-state index in [9.17, 15) is 4.79 Å². The number of likely N-dealkylation sites (N-methyl/N-ethyl adjacent to an activating group) is 1. The first-order chi connectivity index (χ1) is 12.5. The van der Waals surface area contributed by atoms with Crippen LogP contribution in [0.3, 0.4) is 0 Å². The van der Waals surface area contributed by atoms with Crippen molar-refractivity contribution >= 4 is 29.1 Å². The molecule has 2 heterocycles. The number of piperazine rings is 1. The lowest BCUT2D eigenvalue weighted by Crippen LogP contribution is -2.50. The van der Waals surface area contributed by atoms with E-state index in [1.54, 1.807) is 23.2 Å². The second kappa shape index (κ2) is 8.39. The van der Waals surface area contributed by atoms with Crippen LogP contribution in [0.4, 0.5) is 0 Å². The third-order valence-electron chi connectivity index (χ3n) is 4.68. The molecule has 1 aliphatic heterocycles. The van der Waals surface area contributed by atoms with Gasteiger partial charge in [-0.05, 0) is 17.7 Å². The molecule has 26 heavy (non-hydrogen) atoms. The van der Waals surface area contributed by atoms with Gasteiger partial charge in [-0.1, -0.05) is 29.3 Å². The largest absolute Gasteiger partial charge is 0.340 e. The van der Waals surface area contributed by atoms with Crippen molar-refractivity contribution in [3.05, 3.63) is 52.0 Å². The Labute approximate surface area is 163 Å². The van der Waals surface area contributed by atoms with Gasteiger partial charge in [0.2, 0.25) is 5.91 Å². The Hall–Kier alpha value is -1.60. The average Bonchev–Trinajstić information content (AvgIpc) is 3.04. The molecule has 1 saturated heterocycles. The summed E-state index contributed by atoms with van der Waals surface area (Å²) >= 11 is 12.0. The van der Waals surface area contributed by atoms with Gasteiger partial charge in [0.05, 0.1) is 22.6 Å². The van der Waals surface area contributed by atoms with Gasteiger partial charge >= 0.3 is 0 Å². The number of amides is 1. The van der Waals surface area contributed by atoms with Crippen molar-refractivity contribution < 1.29 is 4.79 Å². The minimum atomic E-state index is 0.0668. The number of aryl methyl sites for hydroxylation is 1. The second-order valence-corrected chi connectivity index (χ2v) is 7.40. The molecule has 0 bridgehead atoms. The number of rotatable bonds is 5. The Morgan fingerprint density at radius 1 is 1.38 bits per heavy atom. The van der Waals surface area contributed by atoms with Crippen molar-refractivity contribution in [2.24, 2.45) is 7.05 Å². The fourth-order valence-electron chi connectivity index (χ4n) is 3.18. The number of hydrogen-bond acceptors (Lipinski definition) is 4. The van der Waals surface area contributed by atoms with Gasteiger partial charge in [0, 0.05) is 52.7 Å². The van der Waals surface area contributed by atoms with Crippen LogP contribution in [0.15, 0.2) is 30.6 Å². The number of aromatic nitrogens is 2. The highest BCUT2D eigenvalue weighted by Crippen LogP contribution is 2.23. The summed E-state index contributed by atoms with van der Waals surface area (Å²) in [5, 5.41) is 4.41. The molecule has 1 aromatic carbocycles. The molecule has 1 unspecified atom stereocenters. The first-order valence-corrected chi connectivity index (χ1v) is 9.31. The minimum Gasteiger partial charge on any atom is -0.340 e. The average molecular weight is 396 g/mol. The van der Waals surface area contributed by atoms with Crippen LogP contribution < -0.4 is 5.32 Å². The van der Waals surface area contributed by atoms with E-state index in [4.69, 9.17) is 23.2 Å². The third kappa shape index (κ3) is 4.38. The number of carbonyl (C=O) groups is 1. The van der Waals surface area contributed by atoms with E-state index in [2.05, 4.69) is 15.2 Å².